The number of nitrogens with zero attached hydrogens (tertiary/aromatic N) is 1. The van der Waals surface area contributed by atoms with Gasteiger partial charge in [0.05, 0.1) is 0 Å². The molecule has 0 bridgehead atoms. The topological polar surface area (TPSA) is 15.3 Å². The molecule has 3 rings (SSSR count). The van der Waals surface area contributed by atoms with E-state index in [0.717, 1.165) is 19.6 Å². The first-order chi connectivity index (χ1) is 8.64. The first kappa shape index (κ1) is 12.2. The van der Waals surface area contributed by atoms with Crippen molar-refractivity contribution in [1.29, 1.82) is 0 Å². The average Bonchev–Trinajstić information content (AvgIpc) is 2.69. The minimum atomic E-state index is 0.510. The van der Waals surface area contributed by atoms with E-state index in [4.69, 9.17) is 0 Å². The van der Waals surface area contributed by atoms with Gasteiger partial charge in [0.2, 0.25) is 0 Å². The molecule has 0 radical (unpaired) electrons. The molecular weight excluding hydrogens is 220 g/mol. The van der Waals surface area contributed by atoms with Crippen molar-refractivity contribution in [3.8, 4) is 0 Å². The molecule has 2 aliphatic rings. The molecule has 2 nitrogen and oxygen atoms in total. The van der Waals surface area contributed by atoms with Crippen molar-refractivity contribution in [2.75, 3.05) is 19.6 Å². The number of nitrogens with one attached hydrogen (secondary N) is 1. The van der Waals surface area contributed by atoms with Gasteiger partial charge in [0, 0.05) is 19.6 Å². The Morgan fingerprint density at radius 2 is 2.22 bits per heavy atom. The predicted molar refractivity (Wildman–Crippen MR) is 75.5 cm³/mol. The van der Waals surface area contributed by atoms with Crippen molar-refractivity contribution < 1.29 is 0 Å². The minimum absolute atomic E-state index is 0.510. The second-order valence-corrected chi connectivity index (χ2v) is 6.61. The van der Waals surface area contributed by atoms with E-state index in [0.29, 0.717) is 5.41 Å². The molecule has 0 aliphatic carbocycles. The highest BCUT2D eigenvalue weighted by molar-refractivity contribution is 5.37. The first-order valence-electron chi connectivity index (χ1n) is 7.17. The summed E-state index contributed by atoms with van der Waals surface area (Å²) in [4.78, 5) is 2.62. The third kappa shape index (κ3) is 2.45. The van der Waals surface area contributed by atoms with Crippen molar-refractivity contribution >= 4 is 0 Å². The summed E-state index contributed by atoms with van der Waals surface area (Å²) in [6.07, 6.45) is 2.53. The van der Waals surface area contributed by atoms with Gasteiger partial charge in [-0.05, 0) is 48.0 Å². The lowest BCUT2D eigenvalue weighted by Gasteiger charge is -2.24. The maximum absolute atomic E-state index is 3.46. The van der Waals surface area contributed by atoms with Crippen LogP contribution < -0.4 is 5.32 Å². The van der Waals surface area contributed by atoms with Gasteiger partial charge in [-0.25, -0.2) is 0 Å². The summed E-state index contributed by atoms with van der Waals surface area (Å²) in [7, 11) is 0. The zero-order valence-corrected chi connectivity index (χ0v) is 11.6. The third-order valence-electron chi connectivity index (χ3n) is 4.39. The number of likely N-dealkylation sites (tertiary alicyclic amines) is 1. The zero-order chi connectivity index (χ0) is 12.6. The van der Waals surface area contributed by atoms with Crippen molar-refractivity contribution in [3.05, 3.63) is 34.9 Å². The van der Waals surface area contributed by atoms with E-state index in [-0.39, 0.29) is 0 Å². The molecule has 2 aliphatic heterocycles. The molecule has 1 fully saturated rings. The number of benzene rings is 1. The second-order valence-electron chi connectivity index (χ2n) is 6.61. The number of rotatable bonds is 2. The summed E-state index contributed by atoms with van der Waals surface area (Å²) in [5, 5.41) is 3.46. The van der Waals surface area contributed by atoms with Gasteiger partial charge in [-0.1, -0.05) is 32.0 Å². The Morgan fingerprint density at radius 1 is 1.33 bits per heavy atom. The molecule has 2 heteroatoms. The zero-order valence-electron chi connectivity index (χ0n) is 11.6. The number of hydrogen-bond acceptors (Lipinski definition) is 2. The van der Waals surface area contributed by atoms with Crippen LogP contribution in [-0.2, 0) is 19.5 Å². The van der Waals surface area contributed by atoms with E-state index in [9.17, 15) is 0 Å². The van der Waals surface area contributed by atoms with Crippen LogP contribution in [0.25, 0.3) is 0 Å². The Hall–Kier alpha value is -0.860. The fourth-order valence-corrected chi connectivity index (χ4v) is 3.36. The smallest absolute Gasteiger partial charge is 0.0236 e. The largest absolute Gasteiger partial charge is 0.312 e. The van der Waals surface area contributed by atoms with Gasteiger partial charge in [0.15, 0.2) is 0 Å². The summed E-state index contributed by atoms with van der Waals surface area (Å²) in [6.45, 7) is 10.6. The molecule has 0 amide bonds. The van der Waals surface area contributed by atoms with E-state index >= 15 is 0 Å². The van der Waals surface area contributed by atoms with Gasteiger partial charge < -0.3 is 5.32 Å². The Bertz CT molecular complexity index is 437. The molecule has 0 atom stereocenters. The van der Waals surface area contributed by atoms with Crippen LogP contribution in [-0.4, -0.2) is 24.5 Å². The Labute approximate surface area is 110 Å². The van der Waals surface area contributed by atoms with Crippen LogP contribution in [0.2, 0.25) is 0 Å². The Morgan fingerprint density at radius 3 is 3.00 bits per heavy atom. The third-order valence-corrected chi connectivity index (χ3v) is 4.39. The lowest BCUT2D eigenvalue weighted by Crippen LogP contribution is -2.27. The quantitative estimate of drug-likeness (QED) is 0.860. The van der Waals surface area contributed by atoms with Crippen molar-refractivity contribution in [3.63, 3.8) is 0 Å². The maximum atomic E-state index is 3.46. The van der Waals surface area contributed by atoms with Gasteiger partial charge in [-0.2, -0.15) is 0 Å². The molecule has 1 aromatic carbocycles. The van der Waals surface area contributed by atoms with Crippen LogP contribution in [0.4, 0.5) is 0 Å². The van der Waals surface area contributed by atoms with Gasteiger partial charge in [-0.3, -0.25) is 4.90 Å². The standard InChI is InChI=1S/C16H24N2/c1-16(2)7-9-18(12-16)11-14-5-3-4-13-10-17-8-6-15(13)14/h3-5,17H,6-12H2,1-2H3. The molecule has 0 aromatic heterocycles. The van der Waals surface area contributed by atoms with Gasteiger partial charge >= 0.3 is 0 Å². The monoisotopic (exact) mass is 244 g/mol. The SMILES string of the molecule is CC1(C)CCN(Cc2cccc3c2CCNC3)C1. The highest BCUT2D eigenvalue weighted by Crippen LogP contribution is 2.30. The van der Waals surface area contributed by atoms with Crippen LogP contribution in [0.5, 0.6) is 0 Å². The summed E-state index contributed by atoms with van der Waals surface area (Å²) in [5.74, 6) is 0. The highest BCUT2D eigenvalue weighted by atomic mass is 15.1. The normalized spacial score (nSPS) is 23.0. The summed E-state index contributed by atoms with van der Waals surface area (Å²) in [6, 6.07) is 6.83. The first-order valence-corrected chi connectivity index (χ1v) is 7.17. The van der Waals surface area contributed by atoms with Crippen LogP contribution >= 0.6 is 0 Å². The van der Waals surface area contributed by atoms with Crippen molar-refractivity contribution in [2.45, 2.75) is 39.8 Å². The summed E-state index contributed by atoms with van der Waals surface area (Å²) in [5.41, 5.74) is 5.20. The van der Waals surface area contributed by atoms with Gasteiger partial charge in [0.1, 0.15) is 0 Å². The molecule has 1 aromatic rings. The molecular formula is C16H24N2. The van der Waals surface area contributed by atoms with Crippen molar-refractivity contribution in [1.82, 2.24) is 10.2 Å². The van der Waals surface area contributed by atoms with Crippen LogP contribution in [0.3, 0.4) is 0 Å². The van der Waals surface area contributed by atoms with E-state index in [1.165, 1.54) is 31.5 Å². The van der Waals surface area contributed by atoms with E-state index < -0.39 is 0 Å². The minimum Gasteiger partial charge on any atom is -0.312 e. The van der Waals surface area contributed by atoms with E-state index in [1.54, 1.807) is 11.1 Å². The van der Waals surface area contributed by atoms with Crippen LogP contribution in [0, 0.1) is 5.41 Å². The highest BCUT2D eigenvalue weighted by Gasteiger charge is 2.29. The summed E-state index contributed by atoms with van der Waals surface area (Å²) < 4.78 is 0. The van der Waals surface area contributed by atoms with Gasteiger partial charge in [-0.15, -0.1) is 0 Å². The second kappa shape index (κ2) is 4.67. The molecule has 0 spiro atoms. The van der Waals surface area contributed by atoms with Crippen LogP contribution in [0.1, 0.15) is 37.0 Å². The molecule has 18 heavy (non-hydrogen) atoms. The molecule has 0 saturated carbocycles. The van der Waals surface area contributed by atoms with Gasteiger partial charge in [0.25, 0.3) is 0 Å². The van der Waals surface area contributed by atoms with E-state index in [1.807, 2.05) is 0 Å². The number of fused-ring (bicyclic) bond motifs is 1. The van der Waals surface area contributed by atoms with Crippen LogP contribution in [0.15, 0.2) is 18.2 Å². The fraction of sp³-hybridized carbons (Fsp3) is 0.625. The molecule has 0 unspecified atom stereocenters. The maximum Gasteiger partial charge on any atom is 0.0236 e. The van der Waals surface area contributed by atoms with E-state index in [2.05, 4.69) is 42.3 Å². The molecule has 98 valence electrons. The van der Waals surface area contributed by atoms with Crippen molar-refractivity contribution in [2.24, 2.45) is 5.41 Å². The Kier molecular flexibility index (Phi) is 3.16. The predicted octanol–water partition coefficient (Wildman–Crippen LogP) is 2.56. The lowest BCUT2D eigenvalue weighted by atomic mass is 9.93. The summed E-state index contributed by atoms with van der Waals surface area (Å²) >= 11 is 0. The Balaban J connectivity index is 1.77. The molecule has 2 heterocycles. The molecule has 1 saturated heterocycles. The number of hydrogen-bond donors (Lipinski definition) is 1. The lowest BCUT2D eigenvalue weighted by molar-refractivity contribution is 0.283. The fourth-order valence-electron chi connectivity index (χ4n) is 3.36. The molecule has 1 N–H and O–H groups in total. The average molecular weight is 244 g/mol.